The number of carbonyl (C=O) groups is 2. The number of ether oxygens (including phenoxy) is 2. The van der Waals surface area contributed by atoms with Gasteiger partial charge in [-0.05, 0) is 25.5 Å². The minimum absolute atomic E-state index is 0.0157. The Kier molecular flexibility index (Phi) is 5.87. The predicted octanol–water partition coefficient (Wildman–Crippen LogP) is 2.63. The van der Waals surface area contributed by atoms with Gasteiger partial charge in [-0.25, -0.2) is 9.59 Å². The lowest BCUT2D eigenvalue weighted by Gasteiger charge is -2.28. The van der Waals surface area contributed by atoms with Gasteiger partial charge in [0.05, 0.1) is 28.9 Å². The highest BCUT2D eigenvalue weighted by atomic mass is 35.5. The van der Waals surface area contributed by atoms with E-state index in [4.69, 9.17) is 21.1 Å². The summed E-state index contributed by atoms with van der Waals surface area (Å²) in [6.45, 7) is 3.88. The molecule has 1 heterocycles. The first-order valence-electron chi connectivity index (χ1n) is 7.41. The van der Waals surface area contributed by atoms with E-state index in [0.717, 1.165) is 0 Å². The van der Waals surface area contributed by atoms with Crippen LogP contribution >= 0.6 is 11.6 Å². The molecule has 1 unspecified atom stereocenters. The minimum atomic E-state index is -0.468. The number of carbonyl (C=O) groups excluding carboxylic acids is 2. The van der Waals surface area contributed by atoms with Gasteiger partial charge in [0, 0.05) is 0 Å². The molecule has 0 aromatic heterocycles. The highest BCUT2D eigenvalue weighted by Gasteiger charge is 2.31. The molecule has 1 aromatic rings. The number of nitrogens with one attached hydrogen (secondary N) is 2. The lowest BCUT2D eigenvalue weighted by Crippen LogP contribution is -2.51. The summed E-state index contributed by atoms with van der Waals surface area (Å²) < 4.78 is 10.7. The quantitative estimate of drug-likeness (QED) is 0.782. The van der Waals surface area contributed by atoms with E-state index in [1.165, 1.54) is 0 Å². The van der Waals surface area contributed by atoms with E-state index in [1.54, 1.807) is 31.2 Å². The topological polar surface area (TPSA) is 76.7 Å². The Bertz CT molecular complexity index is 630. The number of hydrogen-bond acceptors (Lipinski definition) is 4. The van der Waals surface area contributed by atoms with Crippen LogP contribution in [0, 0.1) is 0 Å². The van der Waals surface area contributed by atoms with Crippen molar-refractivity contribution < 1.29 is 19.1 Å². The van der Waals surface area contributed by atoms with Crippen LogP contribution in [0.5, 0.6) is 5.75 Å². The van der Waals surface area contributed by atoms with E-state index in [2.05, 4.69) is 10.6 Å². The number of hydrogen-bond donors (Lipinski definition) is 2. The molecule has 2 N–H and O–H groups in total. The maximum absolute atomic E-state index is 12.2. The maximum Gasteiger partial charge on any atom is 0.338 e. The fourth-order valence-corrected chi connectivity index (χ4v) is 2.48. The Morgan fingerprint density at radius 1 is 1.30 bits per heavy atom. The van der Waals surface area contributed by atoms with Crippen molar-refractivity contribution >= 4 is 23.6 Å². The number of esters is 1. The van der Waals surface area contributed by atoms with Crippen LogP contribution in [0.4, 0.5) is 4.79 Å². The summed E-state index contributed by atoms with van der Waals surface area (Å²) in [5.41, 5.74) is 0.764. The maximum atomic E-state index is 12.2. The minimum Gasteiger partial charge on any atom is -0.486 e. The van der Waals surface area contributed by atoms with Crippen LogP contribution in [-0.4, -0.2) is 31.3 Å². The number of amides is 2. The molecule has 7 heteroatoms. The van der Waals surface area contributed by atoms with Gasteiger partial charge in [0.1, 0.15) is 12.4 Å². The highest BCUT2D eigenvalue weighted by molar-refractivity contribution is 6.32. The molecule has 1 aromatic carbocycles. The second-order valence-corrected chi connectivity index (χ2v) is 5.30. The second kappa shape index (κ2) is 7.87. The van der Waals surface area contributed by atoms with Crippen LogP contribution in [-0.2, 0) is 9.53 Å². The van der Waals surface area contributed by atoms with Crippen LogP contribution in [0.3, 0.4) is 0 Å². The van der Waals surface area contributed by atoms with Crippen LogP contribution < -0.4 is 15.4 Å². The molecule has 2 rings (SSSR count). The summed E-state index contributed by atoms with van der Waals surface area (Å²) in [7, 11) is 0. The highest BCUT2D eigenvalue weighted by Crippen LogP contribution is 2.24. The second-order valence-electron chi connectivity index (χ2n) is 4.89. The molecule has 1 aliphatic heterocycles. The van der Waals surface area contributed by atoms with Gasteiger partial charge in [-0.15, -0.1) is 0 Å². The van der Waals surface area contributed by atoms with E-state index in [1.807, 2.05) is 6.92 Å². The Morgan fingerprint density at radius 2 is 2.04 bits per heavy atom. The van der Waals surface area contributed by atoms with Crippen molar-refractivity contribution in [1.29, 1.82) is 0 Å². The lowest BCUT2D eigenvalue weighted by molar-refractivity contribution is -0.139. The van der Waals surface area contributed by atoms with E-state index in [0.29, 0.717) is 28.5 Å². The first-order valence-corrected chi connectivity index (χ1v) is 7.79. The molecular weight excluding hydrogens is 320 g/mol. The first kappa shape index (κ1) is 17.1. The van der Waals surface area contributed by atoms with Gasteiger partial charge in [-0.1, -0.05) is 30.7 Å². The zero-order valence-corrected chi connectivity index (χ0v) is 13.8. The monoisotopic (exact) mass is 338 g/mol. The van der Waals surface area contributed by atoms with Crippen molar-refractivity contribution in [2.45, 2.75) is 26.3 Å². The molecule has 0 bridgehead atoms. The molecule has 1 aliphatic rings. The van der Waals surface area contributed by atoms with Crippen molar-refractivity contribution in [2.75, 3.05) is 13.2 Å². The third kappa shape index (κ3) is 4.16. The summed E-state index contributed by atoms with van der Waals surface area (Å²) in [4.78, 5) is 24.0. The summed E-state index contributed by atoms with van der Waals surface area (Å²) in [6, 6.07) is 6.21. The van der Waals surface area contributed by atoms with E-state index >= 15 is 0 Å². The molecular formula is C16H19ClN2O4. The molecule has 6 nitrogen and oxygen atoms in total. The number of halogens is 1. The van der Waals surface area contributed by atoms with Gasteiger partial charge < -0.3 is 20.1 Å². The summed E-state index contributed by atoms with van der Waals surface area (Å²) in [5.74, 6) is 0.00955. The normalized spacial score (nSPS) is 17.3. The summed E-state index contributed by atoms with van der Waals surface area (Å²) in [5, 5.41) is 5.78. The number of rotatable bonds is 6. The molecule has 0 saturated heterocycles. The van der Waals surface area contributed by atoms with E-state index in [9.17, 15) is 9.59 Å². The van der Waals surface area contributed by atoms with Crippen molar-refractivity contribution in [3.8, 4) is 5.75 Å². The van der Waals surface area contributed by atoms with Crippen molar-refractivity contribution in [3.05, 3.63) is 40.6 Å². The smallest absolute Gasteiger partial charge is 0.338 e. The van der Waals surface area contributed by atoms with Gasteiger partial charge in [0.15, 0.2) is 0 Å². The van der Waals surface area contributed by atoms with Crippen molar-refractivity contribution in [3.63, 3.8) is 0 Å². The third-order valence-electron chi connectivity index (χ3n) is 3.36. The van der Waals surface area contributed by atoms with Crippen LogP contribution in [0.15, 0.2) is 35.5 Å². The largest absolute Gasteiger partial charge is 0.486 e. The average Bonchev–Trinajstić information content (AvgIpc) is 2.53. The molecule has 124 valence electrons. The zero-order valence-electron chi connectivity index (χ0n) is 13.0. The van der Waals surface area contributed by atoms with Crippen LogP contribution in [0.25, 0.3) is 0 Å². The number of para-hydroxylation sites is 1. The Balaban J connectivity index is 2.26. The standard InChI is InChI=1S/C16H19ClN2O4/c1-3-11-14(15(20)22-4-2)12(19-16(21)18-11)9-23-13-8-6-5-7-10(13)17/h5-8,11H,3-4,9H2,1-2H3,(H2,18,19,21). The molecule has 0 fully saturated rings. The van der Waals surface area contributed by atoms with E-state index < -0.39 is 12.0 Å². The van der Waals surface area contributed by atoms with Gasteiger partial charge in [0.2, 0.25) is 0 Å². The molecule has 0 spiro atoms. The zero-order chi connectivity index (χ0) is 16.8. The van der Waals surface area contributed by atoms with Crippen LogP contribution in [0.2, 0.25) is 5.02 Å². The van der Waals surface area contributed by atoms with Crippen molar-refractivity contribution in [2.24, 2.45) is 0 Å². The molecule has 1 atom stereocenters. The van der Waals surface area contributed by atoms with Gasteiger partial charge in [-0.2, -0.15) is 0 Å². The fourth-order valence-electron chi connectivity index (χ4n) is 2.29. The van der Waals surface area contributed by atoms with Crippen LogP contribution in [0.1, 0.15) is 20.3 Å². The molecule has 0 radical (unpaired) electrons. The van der Waals surface area contributed by atoms with Gasteiger partial charge in [-0.3, -0.25) is 0 Å². The molecule has 0 saturated carbocycles. The lowest BCUT2D eigenvalue weighted by atomic mass is 10.0. The van der Waals surface area contributed by atoms with Crippen molar-refractivity contribution in [1.82, 2.24) is 10.6 Å². The summed E-state index contributed by atoms with van der Waals surface area (Å²) >= 11 is 6.04. The first-order chi connectivity index (χ1) is 11.1. The molecule has 2 amide bonds. The molecule has 23 heavy (non-hydrogen) atoms. The van der Waals surface area contributed by atoms with Gasteiger partial charge in [0.25, 0.3) is 0 Å². The fraction of sp³-hybridized carbons (Fsp3) is 0.375. The Morgan fingerprint density at radius 3 is 2.70 bits per heavy atom. The third-order valence-corrected chi connectivity index (χ3v) is 3.67. The number of benzene rings is 1. The Labute approximate surface area is 139 Å². The van der Waals surface area contributed by atoms with E-state index in [-0.39, 0.29) is 19.2 Å². The Hall–Kier alpha value is -2.21. The number of urea groups is 1. The summed E-state index contributed by atoms with van der Waals surface area (Å²) in [6.07, 6.45) is 0.567. The predicted molar refractivity (Wildman–Crippen MR) is 86.4 cm³/mol. The SMILES string of the molecule is CCOC(=O)C1=C(COc2ccccc2Cl)NC(=O)NC1CC. The average molecular weight is 339 g/mol. The molecule has 0 aliphatic carbocycles. The van der Waals surface area contributed by atoms with Gasteiger partial charge >= 0.3 is 12.0 Å².